The predicted octanol–water partition coefficient (Wildman–Crippen LogP) is 4.99. The third-order valence-electron chi connectivity index (χ3n) is 10.0. The summed E-state index contributed by atoms with van der Waals surface area (Å²) < 4.78 is 12.6. The molecule has 0 aromatic heterocycles. The normalized spacial score (nSPS) is 54.1. The third kappa shape index (κ3) is 1.96. The quantitative estimate of drug-likeness (QED) is 0.488. The first-order valence-corrected chi connectivity index (χ1v) is 10.9. The summed E-state index contributed by atoms with van der Waals surface area (Å²) in [6.07, 6.45) is 10.7. The molecule has 6 atom stereocenters. The van der Waals surface area contributed by atoms with Crippen molar-refractivity contribution in [3.63, 3.8) is 0 Å². The number of oxime groups is 1. The van der Waals surface area contributed by atoms with Gasteiger partial charge in [-0.05, 0) is 80.0 Å². The van der Waals surface area contributed by atoms with Crippen LogP contribution in [0.4, 0.5) is 0 Å². The van der Waals surface area contributed by atoms with E-state index in [-0.39, 0.29) is 11.2 Å². The van der Waals surface area contributed by atoms with Crippen LogP contribution in [0.2, 0.25) is 0 Å². The van der Waals surface area contributed by atoms with Crippen molar-refractivity contribution in [1.29, 1.82) is 0 Å². The van der Waals surface area contributed by atoms with E-state index in [2.05, 4.69) is 25.9 Å². The van der Waals surface area contributed by atoms with Crippen LogP contribution in [0, 0.1) is 34.0 Å². The van der Waals surface area contributed by atoms with Crippen molar-refractivity contribution in [1.82, 2.24) is 0 Å². The number of hydrogen-bond acceptors (Lipinski definition) is 4. The summed E-state index contributed by atoms with van der Waals surface area (Å²) >= 11 is 0. The second-order valence-electron chi connectivity index (χ2n) is 10.7. The van der Waals surface area contributed by atoms with Gasteiger partial charge in [0.25, 0.3) is 0 Å². The van der Waals surface area contributed by atoms with Gasteiger partial charge in [0.2, 0.25) is 0 Å². The average Bonchev–Trinajstić information content (AvgIpc) is 3.21. The average molecular weight is 362 g/mol. The van der Waals surface area contributed by atoms with Crippen LogP contribution >= 0.6 is 0 Å². The predicted molar refractivity (Wildman–Crippen MR) is 100 cm³/mol. The Morgan fingerprint density at radius 3 is 2.35 bits per heavy atom. The summed E-state index contributed by atoms with van der Waals surface area (Å²) in [4.78, 5) is 0. The Morgan fingerprint density at radius 1 is 0.885 bits per heavy atom. The highest BCUT2D eigenvalue weighted by molar-refractivity contribution is 5.85. The minimum absolute atomic E-state index is 0.171. The van der Waals surface area contributed by atoms with E-state index in [1.54, 1.807) is 0 Å². The smallest absolute Gasteiger partial charge is 0.174 e. The van der Waals surface area contributed by atoms with E-state index in [0.717, 1.165) is 44.1 Å². The first kappa shape index (κ1) is 17.5. The summed E-state index contributed by atoms with van der Waals surface area (Å²) in [7, 11) is 0. The highest BCUT2D eigenvalue weighted by Crippen LogP contribution is 2.73. The molecule has 0 bridgehead atoms. The molecule has 146 valence electrons. The van der Waals surface area contributed by atoms with Crippen LogP contribution in [-0.4, -0.2) is 29.9 Å². The molecule has 1 N–H and O–H groups in total. The molecule has 1 aliphatic heterocycles. The van der Waals surface area contributed by atoms with Crippen molar-refractivity contribution in [3.05, 3.63) is 0 Å². The van der Waals surface area contributed by atoms with Crippen molar-refractivity contribution < 1.29 is 14.7 Å². The van der Waals surface area contributed by atoms with E-state index in [9.17, 15) is 5.21 Å². The van der Waals surface area contributed by atoms with E-state index < -0.39 is 0 Å². The van der Waals surface area contributed by atoms with Gasteiger partial charge in [0.15, 0.2) is 5.79 Å². The minimum atomic E-state index is -0.299. The van der Waals surface area contributed by atoms with Gasteiger partial charge in [0, 0.05) is 11.8 Å². The topological polar surface area (TPSA) is 51.1 Å². The highest BCUT2D eigenvalue weighted by atomic mass is 16.7. The van der Waals surface area contributed by atoms with E-state index in [4.69, 9.17) is 9.47 Å². The van der Waals surface area contributed by atoms with Gasteiger partial charge in [-0.15, -0.1) is 0 Å². The second-order valence-corrected chi connectivity index (χ2v) is 10.7. The molecule has 1 saturated heterocycles. The molecule has 4 saturated carbocycles. The van der Waals surface area contributed by atoms with Crippen molar-refractivity contribution in [3.8, 4) is 0 Å². The Balaban J connectivity index is 1.49. The van der Waals surface area contributed by atoms with E-state index >= 15 is 0 Å². The monoisotopic (exact) mass is 361 g/mol. The molecule has 0 unspecified atom stereocenters. The number of hydrogen-bond donors (Lipinski definition) is 1. The molecule has 1 spiro atoms. The Morgan fingerprint density at radius 2 is 1.62 bits per heavy atom. The maximum absolute atomic E-state index is 9.28. The molecule has 0 radical (unpaired) electrons. The molecule has 0 aromatic rings. The van der Waals surface area contributed by atoms with Crippen LogP contribution in [0.25, 0.3) is 0 Å². The third-order valence-corrected chi connectivity index (χ3v) is 10.0. The summed E-state index contributed by atoms with van der Waals surface area (Å²) in [6.45, 7) is 9.18. The van der Waals surface area contributed by atoms with Crippen molar-refractivity contribution >= 4 is 5.71 Å². The molecule has 5 fully saturated rings. The molecular weight excluding hydrogens is 326 g/mol. The lowest BCUT2D eigenvalue weighted by Gasteiger charge is -2.65. The fraction of sp³-hybridized carbons (Fsp3) is 0.955. The van der Waals surface area contributed by atoms with Crippen LogP contribution in [0.15, 0.2) is 5.16 Å². The lowest BCUT2D eigenvalue weighted by Crippen LogP contribution is -2.61. The molecule has 4 heteroatoms. The molecular formula is C22H35NO3. The molecule has 5 rings (SSSR count). The van der Waals surface area contributed by atoms with Gasteiger partial charge in [-0.1, -0.05) is 25.9 Å². The van der Waals surface area contributed by atoms with Gasteiger partial charge in [-0.3, -0.25) is 0 Å². The fourth-order valence-electron chi connectivity index (χ4n) is 8.71. The Labute approximate surface area is 157 Å². The van der Waals surface area contributed by atoms with Gasteiger partial charge in [0.1, 0.15) is 0 Å². The summed E-state index contributed by atoms with van der Waals surface area (Å²) in [5, 5.41) is 12.9. The van der Waals surface area contributed by atoms with E-state index in [1.165, 1.54) is 38.5 Å². The zero-order valence-electron chi connectivity index (χ0n) is 16.7. The first-order valence-electron chi connectivity index (χ1n) is 10.9. The molecule has 26 heavy (non-hydrogen) atoms. The van der Waals surface area contributed by atoms with Crippen LogP contribution in [0.3, 0.4) is 0 Å². The van der Waals surface area contributed by atoms with Crippen molar-refractivity contribution in [2.75, 3.05) is 13.2 Å². The standard InChI is InChI=1S/C22H35NO3/c1-19-9-5-16(23-24)14-15(19)4-8-20(2)17(19)6-10-21(3)18(20)7-11-22(21)25-12-13-26-22/h15,17-18,24H,4-14H2,1-3H3/b23-16+/t15-,17+,18-,19-,20+,21-/m0/s1. The molecule has 0 amide bonds. The molecule has 4 nitrogen and oxygen atoms in total. The maximum atomic E-state index is 9.28. The summed E-state index contributed by atoms with van der Waals surface area (Å²) in [5.41, 5.74) is 1.99. The van der Waals surface area contributed by atoms with Gasteiger partial charge >= 0.3 is 0 Å². The van der Waals surface area contributed by atoms with Crippen LogP contribution in [0.1, 0.15) is 78.6 Å². The zero-order chi connectivity index (χ0) is 18.2. The van der Waals surface area contributed by atoms with Crippen LogP contribution in [-0.2, 0) is 9.47 Å². The van der Waals surface area contributed by atoms with E-state index in [1.807, 2.05) is 0 Å². The lowest BCUT2D eigenvalue weighted by molar-refractivity contribution is -0.260. The van der Waals surface area contributed by atoms with Gasteiger partial charge in [-0.2, -0.15) is 0 Å². The number of nitrogens with zero attached hydrogens (tertiary/aromatic N) is 1. The Bertz CT molecular complexity index is 627. The Hall–Kier alpha value is -0.610. The number of fused-ring (bicyclic) bond motifs is 6. The molecule has 0 aromatic carbocycles. The van der Waals surface area contributed by atoms with Crippen LogP contribution < -0.4 is 0 Å². The summed E-state index contributed by atoms with van der Waals surface area (Å²) in [6, 6.07) is 0. The van der Waals surface area contributed by atoms with Crippen LogP contribution in [0.5, 0.6) is 0 Å². The number of rotatable bonds is 0. The maximum Gasteiger partial charge on any atom is 0.174 e. The molecule has 1 heterocycles. The fourth-order valence-corrected chi connectivity index (χ4v) is 8.71. The van der Waals surface area contributed by atoms with Crippen molar-refractivity contribution in [2.45, 2.75) is 84.3 Å². The SMILES string of the molecule is C[C@]12CC/C(=N\O)C[C@@H]1CC[C@]1(C)[C@@H]2CC[C@@]2(C)[C@H]1CCC21OCCO1. The van der Waals surface area contributed by atoms with Crippen molar-refractivity contribution in [2.24, 2.45) is 39.2 Å². The molecule has 5 aliphatic rings. The summed E-state index contributed by atoms with van der Waals surface area (Å²) in [5.74, 6) is 1.88. The van der Waals surface area contributed by atoms with E-state index in [0.29, 0.717) is 22.7 Å². The highest BCUT2D eigenvalue weighted by Gasteiger charge is 2.70. The second kappa shape index (κ2) is 5.47. The minimum Gasteiger partial charge on any atom is -0.411 e. The van der Waals surface area contributed by atoms with Gasteiger partial charge in [-0.25, -0.2) is 0 Å². The van der Waals surface area contributed by atoms with Gasteiger partial charge in [0.05, 0.1) is 18.9 Å². The zero-order valence-corrected chi connectivity index (χ0v) is 16.7. The van der Waals surface area contributed by atoms with Gasteiger partial charge < -0.3 is 14.7 Å². The lowest BCUT2D eigenvalue weighted by atomic mass is 9.39. The first-order chi connectivity index (χ1) is 12.4. The Kier molecular flexibility index (Phi) is 3.68. The molecule has 4 aliphatic carbocycles. The number of ether oxygens (including phenoxy) is 2. The largest absolute Gasteiger partial charge is 0.411 e.